The number of carbonyl (C=O) groups excluding carboxylic acids is 1. The molecule has 2 aliphatic rings. The Hall–Kier alpha value is -1.25. The van der Waals surface area contributed by atoms with Crippen molar-refractivity contribution in [2.75, 3.05) is 13.2 Å². The summed E-state index contributed by atoms with van der Waals surface area (Å²) in [4.78, 5) is 11.2. The Morgan fingerprint density at radius 3 is 2.60 bits per heavy atom. The van der Waals surface area contributed by atoms with E-state index in [1.54, 1.807) is 0 Å². The van der Waals surface area contributed by atoms with Gasteiger partial charge in [-0.3, -0.25) is 4.79 Å². The van der Waals surface area contributed by atoms with Gasteiger partial charge < -0.3 is 9.47 Å². The van der Waals surface area contributed by atoms with Gasteiger partial charge in [0.1, 0.15) is 12.4 Å². The molecule has 112 valence electrons. The molecule has 3 heteroatoms. The number of esters is 1. The molecule has 0 radical (unpaired) electrons. The van der Waals surface area contributed by atoms with Crippen molar-refractivity contribution in [3.05, 3.63) is 23.0 Å². The molecular formula is C17H26O3. The second-order valence-corrected chi connectivity index (χ2v) is 6.63. The van der Waals surface area contributed by atoms with Gasteiger partial charge in [0.25, 0.3) is 0 Å². The van der Waals surface area contributed by atoms with Crippen molar-refractivity contribution < 1.29 is 14.3 Å². The van der Waals surface area contributed by atoms with Crippen LogP contribution in [0.3, 0.4) is 0 Å². The summed E-state index contributed by atoms with van der Waals surface area (Å²) in [6, 6.07) is 0. The van der Waals surface area contributed by atoms with Crippen LogP contribution in [0.15, 0.2) is 23.0 Å². The largest absolute Gasteiger partial charge is 0.497 e. The fourth-order valence-electron chi connectivity index (χ4n) is 3.80. The Balaban J connectivity index is 2.41. The smallest absolute Gasteiger partial charge is 0.302 e. The minimum atomic E-state index is -0.213. The second-order valence-electron chi connectivity index (χ2n) is 6.63. The highest BCUT2D eigenvalue weighted by Gasteiger charge is 2.53. The lowest BCUT2D eigenvalue weighted by Crippen LogP contribution is -2.53. The SMILES string of the molecule is CC(=O)OC[C@]12COC(=C(C)C)[C@@H](C(C)=C[C@@H]1C)[C@H]2C. The highest BCUT2D eigenvalue weighted by Crippen LogP contribution is 2.54. The average molecular weight is 278 g/mol. The van der Waals surface area contributed by atoms with Crippen molar-refractivity contribution in [3.63, 3.8) is 0 Å². The predicted octanol–water partition coefficient (Wildman–Crippen LogP) is 3.71. The fraction of sp³-hybridized carbons (Fsp3) is 0.706. The van der Waals surface area contributed by atoms with Crippen molar-refractivity contribution >= 4 is 5.97 Å². The summed E-state index contributed by atoms with van der Waals surface area (Å²) in [7, 11) is 0. The molecule has 0 aromatic rings. The van der Waals surface area contributed by atoms with Gasteiger partial charge in [0.2, 0.25) is 0 Å². The molecule has 0 amide bonds. The first-order valence-corrected chi connectivity index (χ1v) is 7.41. The Bertz CT molecular complexity index is 471. The molecule has 1 aliphatic carbocycles. The summed E-state index contributed by atoms with van der Waals surface area (Å²) >= 11 is 0. The van der Waals surface area contributed by atoms with Crippen LogP contribution in [-0.2, 0) is 14.3 Å². The van der Waals surface area contributed by atoms with Gasteiger partial charge in [0, 0.05) is 18.3 Å². The molecule has 0 aromatic heterocycles. The highest BCUT2D eigenvalue weighted by atomic mass is 16.5. The van der Waals surface area contributed by atoms with Gasteiger partial charge in [-0.2, -0.15) is 0 Å². The predicted molar refractivity (Wildman–Crippen MR) is 79.0 cm³/mol. The Kier molecular flexibility index (Phi) is 3.99. The lowest BCUT2D eigenvalue weighted by Gasteiger charge is -2.53. The quantitative estimate of drug-likeness (QED) is 0.570. The number of hydrogen-bond donors (Lipinski definition) is 0. The van der Waals surface area contributed by atoms with Crippen LogP contribution in [0.25, 0.3) is 0 Å². The molecule has 1 fully saturated rings. The Morgan fingerprint density at radius 1 is 1.40 bits per heavy atom. The maximum atomic E-state index is 11.2. The fourth-order valence-corrected chi connectivity index (χ4v) is 3.80. The molecule has 0 N–H and O–H groups in total. The second kappa shape index (κ2) is 5.27. The van der Waals surface area contributed by atoms with E-state index < -0.39 is 0 Å². The van der Waals surface area contributed by atoms with Crippen molar-refractivity contribution in [2.24, 2.45) is 23.2 Å². The molecule has 0 saturated carbocycles. The van der Waals surface area contributed by atoms with E-state index in [9.17, 15) is 4.79 Å². The van der Waals surface area contributed by atoms with Gasteiger partial charge in [0.05, 0.1) is 6.61 Å². The third-order valence-electron chi connectivity index (χ3n) is 5.13. The highest BCUT2D eigenvalue weighted by molar-refractivity contribution is 5.66. The molecule has 1 heterocycles. The maximum absolute atomic E-state index is 11.2. The first-order valence-electron chi connectivity index (χ1n) is 7.41. The third-order valence-corrected chi connectivity index (χ3v) is 5.13. The minimum Gasteiger partial charge on any atom is -0.497 e. The molecule has 2 bridgehead atoms. The summed E-state index contributed by atoms with van der Waals surface area (Å²) in [5.74, 6) is 1.99. The van der Waals surface area contributed by atoms with Gasteiger partial charge >= 0.3 is 5.97 Å². The van der Waals surface area contributed by atoms with Crippen LogP contribution < -0.4 is 0 Å². The summed E-state index contributed by atoms with van der Waals surface area (Å²) in [5.41, 5.74) is 2.51. The van der Waals surface area contributed by atoms with Crippen molar-refractivity contribution in [1.82, 2.24) is 0 Å². The van der Waals surface area contributed by atoms with Crippen LogP contribution in [0.2, 0.25) is 0 Å². The molecule has 0 aromatic carbocycles. The Morgan fingerprint density at radius 2 is 2.05 bits per heavy atom. The number of carbonyl (C=O) groups is 1. The molecule has 1 saturated heterocycles. The first-order chi connectivity index (χ1) is 9.29. The molecule has 3 nitrogen and oxygen atoms in total. The first kappa shape index (κ1) is 15.1. The number of hydrogen-bond acceptors (Lipinski definition) is 3. The lowest BCUT2D eigenvalue weighted by molar-refractivity contribution is -0.155. The molecule has 1 aliphatic heterocycles. The zero-order valence-corrected chi connectivity index (χ0v) is 13.4. The third kappa shape index (κ3) is 2.27. The van der Waals surface area contributed by atoms with Gasteiger partial charge in [-0.05, 0) is 38.2 Å². The van der Waals surface area contributed by atoms with Gasteiger partial charge in [-0.25, -0.2) is 0 Å². The standard InChI is InChI=1S/C17H26O3/c1-10(2)16-15-11(3)7-12(4)17(9-20-16,13(15)5)8-19-14(6)18/h7,12-13,15H,8-9H2,1-6H3/t12-,13+,15-,17-/m0/s1. The Labute approximate surface area is 122 Å². The van der Waals surface area contributed by atoms with Crippen molar-refractivity contribution in [2.45, 2.75) is 41.5 Å². The summed E-state index contributed by atoms with van der Waals surface area (Å²) in [6.07, 6.45) is 2.33. The van der Waals surface area contributed by atoms with Gasteiger partial charge in [-0.15, -0.1) is 0 Å². The summed E-state index contributed by atoms with van der Waals surface area (Å²) < 4.78 is 11.5. The van der Waals surface area contributed by atoms with E-state index in [0.717, 1.165) is 5.76 Å². The van der Waals surface area contributed by atoms with E-state index in [2.05, 4.69) is 40.7 Å². The van der Waals surface area contributed by atoms with E-state index >= 15 is 0 Å². The molecule has 0 unspecified atom stereocenters. The number of ether oxygens (including phenoxy) is 2. The molecule has 0 spiro atoms. The van der Waals surface area contributed by atoms with Crippen LogP contribution in [-0.4, -0.2) is 19.2 Å². The number of fused-ring (bicyclic) bond motifs is 2. The zero-order chi connectivity index (χ0) is 15.1. The summed E-state index contributed by atoms with van der Waals surface area (Å²) in [5, 5.41) is 0. The minimum absolute atomic E-state index is 0.102. The van der Waals surface area contributed by atoms with E-state index in [0.29, 0.717) is 31.0 Å². The van der Waals surface area contributed by atoms with E-state index in [1.165, 1.54) is 18.1 Å². The van der Waals surface area contributed by atoms with Crippen LogP contribution >= 0.6 is 0 Å². The molecule has 20 heavy (non-hydrogen) atoms. The van der Waals surface area contributed by atoms with Crippen LogP contribution in [0.5, 0.6) is 0 Å². The normalized spacial score (nSPS) is 36.0. The molecule has 2 rings (SSSR count). The number of rotatable bonds is 2. The monoisotopic (exact) mass is 278 g/mol. The van der Waals surface area contributed by atoms with Crippen molar-refractivity contribution in [1.29, 1.82) is 0 Å². The lowest BCUT2D eigenvalue weighted by atomic mass is 9.57. The van der Waals surface area contributed by atoms with E-state index in [4.69, 9.17) is 9.47 Å². The van der Waals surface area contributed by atoms with Crippen LogP contribution in [0.1, 0.15) is 41.5 Å². The zero-order valence-electron chi connectivity index (χ0n) is 13.4. The van der Waals surface area contributed by atoms with Crippen LogP contribution in [0, 0.1) is 23.2 Å². The van der Waals surface area contributed by atoms with Crippen molar-refractivity contribution in [3.8, 4) is 0 Å². The molecular weight excluding hydrogens is 252 g/mol. The number of allylic oxidation sites excluding steroid dienone is 3. The molecule has 4 atom stereocenters. The van der Waals surface area contributed by atoms with E-state index in [1.807, 2.05) is 0 Å². The summed E-state index contributed by atoms with van der Waals surface area (Å²) in [6.45, 7) is 13.4. The van der Waals surface area contributed by atoms with E-state index in [-0.39, 0.29) is 11.4 Å². The van der Waals surface area contributed by atoms with Gasteiger partial charge in [0.15, 0.2) is 0 Å². The van der Waals surface area contributed by atoms with Gasteiger partial charge in [-0.1, -0.05) is 25.5 Å². The average Bonchev–Trinajstić information content (AvgIpc) is 2.34. The topological polar surface area (TPSA) is 35.5 Å². The van der Waals surface area contributed by atoms with Crippen LogP contribution in [0.4, 0.5) is 0 Å². The maximum Gasteiger partial charge on any atom is 0.302 e.